The van der Waals surface area contributed by atoms with E-state index in [0.717, 1.165) is 11.3 Å². The number of nitrogens with zero attached hydrogens (tertiary/aromatic N) is 3. The van der Waals surface area contributed by atoms with Crippen molar-refractivity contribution in [1.29, 1.82) is 0 Å². The topological polar surface area (TPSA) is 79.3 Å². The Labute approximate surface area is 177 Å². The quantitative estimate of drug-likeness (QED) is 0.795. The van der Waals surface area contributed by atoms with Crippen LogP contribution >= 0.6 is 0 Å². The molecule has 0 bridgehead atoms. The largest absolute Gasteiger partial charge is 0.332 e. The van der Waals surface area contributed by atoms with Gasteiger partial charge in [-0.2, -0.15) is 5.10 Å². The molecule has 1 aromatic heterocycles. The number of amides is 2. The second-order valence-electron chi connectivity index (χ2n) is 8.92. The molecule has 1 aromatic carbocycles. The van der Waals surface area contributed by atoms with Crippen molar-refractivity contribution in [2.45, 2.75) is 64.1 Å². The molecule has 2 aromatic rings. The first kappa shape index (κ1) is 20.6. The lowest BCUT2D eigenvalue weighted by atomic mass is 9.92. The number of likely N-dealkylation sites (N-methyl/N-ethyl adjacent to an activating group) is 1. The van der Waals surface area contributed by atoms with E-state index in [4.69, 9.17) is 0 Å². The van der Waals surface area contributed by atoms with E-state index in [-0.39, 0.29) is 17.5 Å². The zero-order valence-corrected chi connectivity index (χ0v) is 18.1. The highest BCUT2D eigenvalue weighted by Crippen LogP contribution is 2.27. The summed E-state index contributed by atoms with van der Waals surface area (Å²) in [6.07, 6.45) is 6.25. The van der Waals surface area contributed by atoms with Gasteiger partial charge < -0.3 is 15.5 Å². The summed E-state index contributed by atoms with van der Waals surface area (Å²) in [6, 6.07) is 9.73. The van der Waals surface area contributed by atoms with Gasteiger partial charge in [0.2, 0.25) is 0 Å². The number of para-hydroxylation sites is 1. The zero-order chi connectivity index (χ0) is 21.3. The lowest BCUT2D eigenvalue weighted by Gasteiger charge is -2.43. The van der Waals surface area contributed by atoms with Crippen LogP contribution in [0.15, 0.2) is 30.3 Å². The molecule has 1 fully saturated rings. The minimum Gasteiger partial charge on any atom is -0.332 e. The van der Waals surface area contributed by atoms with Crippen LogP contribution in [-0.4, -0.2) is 51.7 Å². The highest BCUT2D eigenvalue weighted by atomic mass is 16.2. The Balaban J connectivity index is 1.50. The molecule has 160 valence electrons. The molecule has 2 heterocycles. The minimum absolute atomic E-state index is 0.100. The highest BCUT2D eigenvalue weighted by Gasteiger charge is 2.41. The smallest absolute Gasteiger partial charge is 0.276 e. The number of carbonyl (C=O) groups excluding carboxylic acids is 2. The molecule has 0 spiro atoms. The third-order valence-corrected chi connectivity index (χ3v) is 6.61. The van der Waals surface area contributed by atoms with E-state index in [1.54, 1.807) is 15.6 Å². The average Bonchev–Trinajstić information content (AvgIpc) is 3.17. The van der Waals surface area contributed by atoms with Gasteiger partial charge >= 0.3 is 0 Å². The van der Waals surface area contributed by atoms with Crippen molar-refractivity contribution in [3.05, 3.63) is 47.3 Å². The Morgan fingerprint density at radius 3 is 2.70 bits per heavy atom. The van der Waals surface area contributed by atoms with Crippen LogP contribution in [0.5, 0.6) is 0 Å². The van der Waals surface area contributed by atoms with Crippen LogP contribution in [0.3, 0.4) is 0 Å². The summed E-state index contributed by atoms with van der Waals surface area (Å²) < 4.78 is 1.69. The van der Waals surface area contributed by atoms with E-state index in [1.807, 2.05) is 38.2 Å². The maximum Gasteiger partial charge on any atom is 0.276 e. The van der Waals surface area contributed by atoms with Crippen molar-refractivity contribution in [2.75, 3.05) is 18.9 Å². The average molecular weight is 410 g/mol. The summed E-state index contributed by atoms with van der Waals surface area (Å²) in [7, 11) is 1.84. The van der Waals surface area contributed by atoms with Gasteiger partial charge in [0.25, 0.3) is 11.8 Å². The Morgan fingerprint density at radius 1 is 1.23 bits per heavy atom. The van der Waals surface area contributed by atoms with Crippen molar-refractivity contribution in [3.63, 3.8) is 0 Å². The van der Waals surface area contributed by atoms with E-state index >= 15 is 0 Å². The summed E-state index contributed by atoms with van der Waals surface area (Å²) >= 11 is 0. The predicted octanol–water partition coefficient (Wildman–Crippen LogP) is 3.21. The van der Waals surface area contributed by atoms with Crippen molar-refractivity contribution >= 4 is 17.5 Å². The van der Waals surface area contributed by atoms with Crippen LogP contribution in [0.25, 0.3) is 0 Å². The summed E-state index contributed by atoms with van der Waals surface area (Å²) in [4.78, 5) is 27.6. The third-order valence-electron chi connectivity index (χ3n) is 6.61. The normalized spacial score (nSPS) is 22.1. The SMILES string of the molecule is Cc1ccccc1NC(=O)c1cc2n(n1)CC(C)(CNC1CCCCC1)N(C)C2=O. The van der Waals surface area contributed by atoms with Crippen LogP contribution in [-0.2, 0) is 6.54 Å². The number of aromatic nitrogens is 2. The van der Waals surface area contributed by atoms with Gasteiger partial charge in [0.05, 0.1) is 12.1 Å². The Kier molecular flexibility index (Phi) is 5.64. The van der Waals surface area contributed by atoms with Gasteiger partial charge in [-0.1, -0.05) is 37.5 Å². The van der Waals surface area contributed by atoms with Crippen LogP contribution < -0.4 is 10.6 Å². The van der Waals surface area contributed by atoms with Gasteiger partial charge in [-0.15, -0.1) is 0 Å². The lowest BCUT2D eigenvalue weighted by Crippen LogP contribution is -2.60. The number of anilines is 1. The van der Waals surface area contributed by atoms with E-state index in [9.17, 15) is 9.59 Å². The standard InChI is InChI=1S/C23H31N5O2/c1-16-9-7-8-12-18(16)25-21(29)19-13-20-22(30)27(3)23(2,15-28(20)26-19)14-24-17-10-5-4-6-11-17/h7-9,12-13,17,24H,4-6,10-11,14-15H2,1-3H3,(H,25,29). The summed E-state index contributed by atoms with van der Waals surface area (Å²) in [5.74, 6) is -0.402. The fourth-order valence-corrected chi connectivity index (χ4v) is 4.41. The van der Waals surface area contributed by atoms with Crippen LogP contribution in [0.2, 0.25) is 0 Å². The van der Waals surface area contributed by atoms with Crippen LogP contribution in [0, 0.1) is 6.92 Å². The molecular weight excluding hydrogens is 378 g/mol. The number of rotatable bonds is 5. The van der Waals surface area contributed by atoms with Gasteiger partial charge in [-0.05, 0) is 38.3 Å². The molecule has 0 radical (unpaired) electrons. The van der Waals surface area contributed by atoms with Crippen molar-refractivity contribution in [2.24, 2.45) is 0 Å². The number of hydrogen-bond donors (Lipinski definition) is 2. The lowest BCUT2D eigenvalue weighted by molar-refractivity contribution is 0.0430. The summed E-state index contributed by atoms with van der Waals surface area (Å²) in [6.45, 7) is 5.29. The fraction of sp³-hybridized carbons (Fsp3) is 0.522. The van der Waals surface area contributed by atoms with Gasteiger partial charge in [-0.25, -0.2) is 0 Å². The van der Waals surface area contributed by atoms with Gasteiger partial charge in [-0.3, -0.25) is 14.3 Å². The van der Waals surface area contributed by atoms with E-state index in [1.165, 1.54) is 32.1 Å². The monoisotopic (exact) mass is 409 g/mol. The maximum absolute atomic E-state index is 13.0. The molecule has 0 saturated heterocycles. The van der Waals surface area contributed by atoms with Gasteiger partial charge in [0.1, 0.15) is 5.69 Å². The second-order valence-corrected chi connectivity index (χ2v) is 8.92. The van der Waals surface area contributed by atoms with Gasteiger partial charge in [0.15, 0.2) is 5.69 Å². The Hall–Kier alpha value is -2.67. The summed E-state index contributed by atoms with van der Waals surface area (Å²) in [5.41, 5.74) is 2.06. The molecular formula is C23H31N5O2. The molecule has 7 heteroatoms. The number of fused-ring (bicyclic) bond motifs is 1. The molecule has 4 rings (SSSR count). The predicted molar refractivity (Wildman–Crippen MR) is 117 cm³/mol. The maximum atomic E-state index is 13.0. The molecule has 1 unspecified atom stereocenters. The van der Waals surface area contributed by atoms with E-state index in [0.29, 0.717) is 24.8 Å². The van der Waals surface area contributed by atoms with Crippen molar-refractivity contribution < 1.29 is 9.59 Å². The molecule has 1 atom stereocenters. The zero-order valence-electron chi connectivity index (χ0n) is 18.1. The fourth-order valence-electron chi connectivity index (χ4n) is 4.41. The molecule has 2 aliphatic rings. The molecule has 7 nitrogen and oxygen atoms in total. The Bertz CT molecular complexity index is 947. The van der Waals surface area contributed by atoms with Crippen molar-refractivity contribution in [1.82, 2.24) is 20.0 Å². The summed E-state index contributed by atoms with van der Waals surface area (Å²) in [5, 5.41) is 11.0. The second kappa shape index (κ2) is 8.22. The van der Waals surface area contributed by atoms with Gasteiger partial charge in [0, 0.05) is 31.4 Å². The highest BCUT2D eigenvalue weighted by molar-refractivity contribution is 6.05. The first-order valence-corrected chi connectivity index (χ1v) is 10.8. The van der Waals surface area contributed by atoms with E-state index in [2.05, 4.69) is 22.7 Å². The van der Waals surface area contributed by atoms with Crippen molar-refractivity contribution in [3.8, 4) is 0 Å². The molecule has 2 N–H and O–H groups in total. The number of benzene rings is 1. The van der Waals surface area contributed by atoms with Crippen LogP contribution in [0.4, 0.5) is 5.69 Å². The minimum atomic E-state index is -0.392. The number of aryl methyl sites for hydroxylation is 1. The molecule has 30 heavy (non-hydrogen) atoms. The molecule has 1 saturated carbocycles. The number of carbonyl (C=O) groups is 2. The Morgan fingerprint density at radius 2 is 1.97 bits per heavy atom. The molecule has 1 aliphatic heterocycles. The molecule has 2 amide bonds. The first-order valence-electron chi connectivity index (χ1n) is 10.8. The number of nitrogens with one attached hydrogen (secondary N) is 2. The van der Waals surface area contributed by atoms with E-state index < -0.39 is 5.54 Å². The van der Waals surface area contributed by atoms with Crippen LogP contribution in [0.1, 0.15) is 65.6 Å². The molecule has 1 aliphatic carbocycles. The third kappa shape index (κ3) is 3.99. The number of hydrogen-bond acceptors (Lipinski definition) is 4. The first-order chi connectivity index (χ1) is 14.4.